The zero-order chi connectivity index (χ0) is 27.8. The van der Waals surface area contributed by atoms with Gasteiger partial charge in [-0.25, -0.2) is 0 Å². The Balaban J connectivity index is 1.83. The van der Waals surface area contributed by atoms with Crippen LogP contribution in [0.15, 0.2) is 48.6 Å². The summed E-state index contributed by atoms with van der Waals surface area (Å²) in [5.41, 5.74) is 1.04. The summed E-state index contributed by atoms with van der Waals surface area (Å²) in [6.45, 7) is 9.43. The molecule has 0 amide bonds. The lowest BCUT2D eigenvalue weighted by atomic mass is 9.68. The molecule has 1 fully saturated rings. The van der Waals surface area contributed by atoms with Gasteiger partial charge in [0.1, 0.15) is 23.0 Å². The maximum absolute atomic E-state index is 11.7. The molecule has 0 N–H and O–H groups in total. The molecule has 2 aromatic carbocycles. The predicted octanol–water partition coefficient (Wildman–Crippen LogP) is 5.17. The summed E-state index contributed by atoms with van der Waals surface area (Å²) in [5, 5.41) is 0. The van der Waals surface area contributed by atoms with Crippen LogP contribution >= 0.6 is 0 Å². The third-order valence-electron chi connectivity index (χ3n) is 6.65. The Morgan fingerprint density at radius 2 is 1.00 bits per heavy atom. The van der Waals surface area contributed by atoms with Gasteiger partial charge in [0.05, 0.1) is 0 Å². The standard InChI is InChI=1S/C30H30O8/c1-16(31)35-22-10-20(11-23(14-22)36-17(2)32)28-26-8-7-9-27(26)29(30(28,5)6)21-12-24(37-18(3)33)15-25(13-21)38-19(4)34/h7-8,10-15,26-27H,9H2,1-6H3. The van der Waals surface area contributed by atoms with Crippen molar-refractivity contribution >= 4 is 23.9 Å². The van der Waals surface area contributed by atoms with Gasteiger partial charge in [-0.15, -0.1) is 0 Å². The first kappa shape index (κ1) is 27.1. The molecule has 1 saturated carbocycles. The molecule has 38 heavy (non-hydrogen) atoms. The lowest BCUT2D eigenvalue weighted by Crippen LogP contribution is -2.26. The Bertz CT molecular complexity index is 1250. The lowest BCUT2D eigenvalue weighted by Gasteiger charge is -2.35. The summed E-state index contributed by atoms with van der Waals surface area (Å²) in [7, 11) is 0. The van der Waals surface area contributed by atoms with Crippen LogP contribution in [0.2, 0.25) is 0 Å². The van der Waals surface area contributed by atoms with Crippen LogP contribution in [0.3, 0.4) is 0 Å². The van der Waals surface area contributed by atoms with E-state index < -0.39 is 29.3 Å². The van der Waals surface area contributed by atoms with E-state index in [1.807, 2.05) is 0 Å². The number of benzene rings is 2. The Hall–Kier alpha value is -3.94. The number of hydrogen-bond acceptors (Lipinski definition) is 8. The normalized spacial score (nSPS) is 20.1. The zero-order valence-electron chi connectivity index (χ0n) is 22.2. The second-order valence-corrected chi connectivity index (χ2v) is 10.0. The highest BCUT2D eigenvalue weighted by Gasteiger charge is 2.57. The van der Waals surface area contributed by atoms with Crippen LogP contribution in [-0.4, -0.2) is 23.9 Å². The number of esters is 4. The van der Waals surface area contributed by atoms with Crippen molar-refractivity contribution in [3.63, 3.8) is 0 Å². The van der Waals surface area contributed by atoms with Crippen LogP contribution in [0.1, 0.15) is 59.1 Å². The summed E-state index contributed by atoms with van der Waals surface area (Å²) in [6.07, 6.45) is 5.06. The van der Waals surface area contributed by atoms with Gasteiger partial charge in [-0.2, -0.15) is 0 Å². The van der Waals surface area contributed by atoms with Gasteiger partial charge < -0.3 is 18.9 Å². The van der Waals surface area contributed by atoms with Crippen molar-refractivity contribution in [2.75, 3.05) is 0 Å². The molecule has 4 rings (SSSR count). The summed E-state index contributed by atoms with van der Waals surface area (Å²) in [6, 6.07) is 10.1. The Labute approximate surface area is 221 Å². The maximum Gasteiger partial charge on any atom is 0.308 e. The van der Waals surface area contributed by atoms with Crippen molar-refractivity contribution in [3.05, 3.63) is 71.5 Å². The quantitative estimate of drug-likeness (QED) is 0.293. The molecule has 8 heteroatoms. The molecule has 8 nitrogen and oxygen atoms in total. The highest BCUT2D eigenvalue weighted by molar-refractivity contribution is 5.73. The van der Waals surface area contributed by atoms with Crippen LogP contribution in [0.5, 0.6) is 23.0 Å². The Morgan fingerprint density at radius 1 is 0.632 bits per heavy atom. The fourth-order valence-corrected chi connectivity index (χ4v) is 5.75. The van der Waals surface area contributed by atoms with E-state index in [1.54, 1.807) is 24.3 Å². The molecule has 2 aliphatic rings. The van der Waals surface area contributed by atoms with E-state index in [9.17, 15) is 19.2 Å². The average molecular weight is 519 g/mol. The van der Waals surface area contributed by atoms with E-state index in [4.69, 9.17) is 18.9 Å². The minimum Gasteiger partial charge on any atom is -0.427 e. The molecule has 0 spiro atoms. The smallest absolute Gasteiger partial charge is 0.308 e. The van der Waals surface area contributed by atoms with Gasteiger partial charge in [0.2, 0.25) is 0 Å². The number of carbonyl (C=O) groups excluding carboxylic acids is 4. The van der Waals surface area contributed by atoms with E-state index in [2.05, 4.69) is 26.0 Å². The third kappa shape index (κ3) is 5.64. The van der Waals surface area contributed by atoms with E-state index >= 15 is 0 Å². The molecule has 2 atom stereocenters. The summed E-state index contributed by atoms with van der Waals surface area (Å²) >= 11 is 0. The first-order valence-electron chi connectivity index (χ1n) is 12.3. The molecule has 2 aliphatic carbocycles. The van der Waals surface area contributed by atoms with Gasteiger partial charge >= 0.3 is 23.9 Å². The Morgan fingerprint density at radius 3 is 1.37 bits per heavy atom. The average Bonchev–Trinajstić information content (AvgIpc) is 3.27. The topological polar surface area (TPSA) is 105 Å². The summed E-state index contributed by atoms with van der Waals surface area (Å²) in [4.78, 5) is 46.9. The van der Waals surface area contributed by atoms with Crippen LogP contribution in [0.25, 0.3) is 0 Å². The van der Waals surface area contributed by atoms with Crippen molar-refractivity contribution in [2.24, 2.45) is 17.3 Å². The molecule has 0 aromatic heterocycles. The molecule has 2 unspecified atom stereocenters. The van der Waals surface area contributed by atoms with Crippen LogP contribution in [0.4, 0.5) is 0 Å². The SMILES string of the molecule is CC(=O)Oc1cc(OC(C)=O)cc([C]2C3C=CCC3[C](c3cc(OC(C)=O)cc(OC(C)=O)c3)C2(C)C)c1. The number of allylic oxidation sites excluding steroid dienone is 2. The van der Waals surface area contributed by atoms with E-state index in [-0.39, 0.29) is 34.8 Å². The third-order valence-corrected chi connectivity index (χ3v) is 6.65. The molecule has 0 aliphatic heterocycles. The predicted molar refractivity (Wildman–Crippen MR) is 137 cm³/mol. The van der Waals surface area contributed by atoms with Crippen molar-refractivity contribution in [3.8, 4) is 23.0 Å². The molecule has 2 radical (unpaired) electrons. The van der Waals surface area contributed by atoms with Crippen LogP contribution in [0, 0.1) is 29.1 Å². The maximum atomic E-state index is 11.7. The number of carbonyl (C=O) groups is 4. The molecule has 198 valence electrons. The number of hydrogen-bond donors (Lipinski definition) is 0. The monoisotopic (exact) mass is 518 g/mol. The lowest BCUT2D eigenvalue weighted by molar-refractivity contribution is -0.133. The van der Waals surface area contributed by atoms with Crippen molar-refractivity contribution in [2.45, 2.75) is 48.0 Å². The second kappa shape index (κ2) is 10.4. The van der Waals surface area contributed by atoms with Gasteiger partial charge in [-0.1, -0.05) is 26.0 Å². The van der Waals surface area contributed by atoms with E-state index in [0.717, 1.165) is 29.4 Å². The summed E-state index contributed by atoms with van der Waals surface area (Å²) < 4.78 is 21.5. The molecule has 2 aromatic rings. The highest BCUT2D eigenvalue weighted by atomic mass is 16.6. The first-order valence-corrected chi connectivity index (χ1v) is 12.3. The minimum absolute atomic E-state index is 0.0207. The van der Waals surface area contributed by atoms with Crippen LogP contribution < -0.4 is 18.9 Å². The molecular formula is C30H30O8. The molecular weight excluding hydrogens is 488 g/mol. The largest absolute Gasteiger partial charge is 0.427 e. The zero-order valence-corrected chi connectivity index (χ0v) is 22.2. The van der Waals surface area contributed by atoms with Crippen LogP contribution in [-0.2, 0) is 19.2 Å². The second-order valence-electron chi connectivity index (χ2n) is 10.0. The molecule has 0 bridgehead atoms. The van der Waals surface area contributed by atoms with Crippen molar-refractivity contribution in [1.29, 1.82) is 0 Å². The minimum atomic E-state index is -0.523. The fraction of sp³-hybridized carbons (Fsp3) is 0.333. The van der Waals surface area contributed by atoms with Gasteiger partial charge in [0.15, 0.2) is 0 Å². The number of fused-ring (bicyclic) bond motifs is 1. The fourth-order valence-electron chi connectivity index (χ4n) is 5.75. The number of rotatable bonds is 6. The van der Waals surface area contributed by atoms with E-state index in [0.29, 0.717) is 0 Å². The molecule has 0 heterocycles. The van der Waals surface area contributed by atoms with Gasteiger partial charge in [0, 0.05) is 51.7 Å². The van der Waals surface area contributed by atoms with Gasteiger partial charge in [-0.05, 0) is 59.1 Å². The molecule has 0 saturated heterocycles. The summed E-state index contributed by atoms with van der Waals surface area (Å²) in [5.74, 6) is 1.40. The number of ether oxygens (including phenoxy) is 4. The van der Waals surface area contributed by atoms with Gasteiger partial charge in [-0.3, -0.25) is 19.2 Å². The highest BCUT2D eigenvalue weighted by Crippen LogP contribution is 2.65. The van der Waals surface area contributed by atoms with Crippen molar-refractivity contribution in [1.82, 2.24) is 0 Å². The Kier molecular flexibility index (Phi) is 7.44. The van der Waals surface area contributed by atoms with E-state index in [1.165, 1.54) is 39.8 Å². The first-order chi connectivity index (χ1) is 17.8. The van der Waals surface area contributed by atoms with Gasteiger partial charge in [0.25, 0.3) is 0 Å². The van der Waals surface area contributed by atoms with Crippen molar-refractivity contribution < 1.29 is 38.1 Å².